The summed E-state index contributed by atoms with van der Waals surface area (Å²) in [6.45, 7) is 1.21. The molecule has 0 bridgehead atoms. The third-order valence-electron chi connectivity index (χ3n) is 5.03. The smallest absolute Gasteiger partial charge is 0.456 e. The maximum atomic E-state index is 13.7. The SMILES string of the molecule is COc1ccc(-c2cc(C(F)(F)F)[n+]3[nH]c(C(=O)N4CCCCC4)cc3n2)cc1. The van der Waals surface area contributed by atoms with Crippen LogP contribution in [0.3, 0.4) is 0 Å². The van der Waals surface area contributed by atoms with Gasteiger partial charge in [0.05, 0.1) is 13.2 Å². The van der Waals surface area contributed by atoms with Gasteiger partial charge in [0.2, 0.25) is 5.69 Å². The number of carbonyl (C=O) groups is 1. The highest BCUT2D eigenvalue weighted by Gasteiger charge is 2.40. The number of alkyl halides is 3. The van der Waals surface area contributed by atoms with Crippen LogP contribution in [0.25, 0.3) is 16.9 Å². The third-order valence-corrected chi connectivity index (χ3v) is 5.03. The normalized spacial score (nSPS) is 15.0. The zero-order valence-corrected chi connectivity index (χ0v) is 15.8. The summed E-state index contributed by atoms with van der Waals surface area (Å²) in [6, 6.07) is 8.95. The molecule has 1 aliphatic heterocycles. The Morgan fingerprint density at radius 3 is 2.45 bits per heavy atom. The lowest BCUT2D eigenvalue weighted by atomic mass is 10.1. The first-order chi connectivity index (χ1) is 13.9. The number of fused-ring (bicyclic) bond motifs is 1. The van der Waals surface area contributed by atoms with E-state index in [9.17, 15) is 18.0 Å². The number of ether oxygens (including phenoxy) is 1. The molecule has 9 heteroatoms. The van der Waals surface area contributed by atoms with Crippen LogP contribution < -0.4 is 9.25 Å². The molecule has 29 heavy (non-hydrogen) atoms. The molecule has 1 N–H and O–H groups in total. The number of hydrogen-bond donors (Lipinski definition) is 1. The van der Waals surface area contributed by atoms with Gasteiger partial charge in [-0.25, -0.2) is 5.10 Å². The van der Waals surface area contributed by atoms with Crippen LogP contribution in [0, 0.1) is 0 Å². The second-order valence-electron chi connectivity index (χ2n) is 6.97. The van der Waals surface area contributed by atoms with Gasteiger partial charge in [0, 0.05) is 24.7 Å². The average molecular weight is 405 g/mol. The molecule has 0 unspecified atom stereocenters. The van der Waals surface area contributed by atoms with E-state index in [1.807, 2.05) is 0 Å². The Hall–Kier alpha value is -3.10. The number of H-pyrrole nitrogens is 1. The Kier molecular flexibility index (Phi) is 4.89. The van der Waals surface area contributed by atoms with Crippen molar-refractivity contribution in [3.8, 4) is 17.0 Å². The molecule has 1 amide bonds. The van der Waals surface area contributed by atoms with Crippen molar-refractivity contribution in [1.29, 1.82) is 0 Å². The number of likely N-dealkylation sites (tertiary alicyclic amines) is 1. The van der Waals surface area contributed by atoms with E-state index in [0.29, 0.717) is 24.4 Å². The van der Waals surface area contributed by atoms with Crippen molar-refractivity contribution in [3.05, 3.63) is 47.8 Å². The lowest BCUT2D eigenvalue weighted by molar-refractivity contribution is -0.604. The molecule has 152 valence electrons. The highest BCUT2D eigenvalue weighted by Crippen LogP contribution is 2.30. The van der Waals surface area contributed by atoms with E-state index in [1.54, 1.807) is 29.2 Å². The first-order valence-electron chi connectivity index (χ1n) is 9.33. The minimum Gasteiger partial charge on any atom is -0.497 e. The Morgan fingerprint density at radius 2 is 1.83 bits per heavy atom. The third kappa shape index (κ3) is 3.76. The molecule has 1 saturated heterocycles. The quantitative estimate of drug-likeness (QED) is 0.679. The first kappa shape index (κ1) is 19.2. The van der Waals surface area contributed by atoms with Gasteiger partial charge in [-0.2, -0.15) is 13.2 Å². The molecule has 0 radical (unpaired) electrons. The van der Waals surface area contributed by atoms with Crippen LogP contribution in [0.4, 0.5) is 13.2 Å². The number of piperidine rings is 1. The van der Waals surface area contributed by atoms with E-state index >= 15 is 0 Å². The molecule has 4 rings (SSSR count). The van der Waals surface area contributed by atoms with Crippen molar-refractivity contribution in [3.63, 3.8) is 0 Å². The van der Waals surface area contributed by atoms with Crippen LogP contribution in [-0.2, 0) is 6.18 Å². The predicted octanol–water partition coefficient (Wildman–Crippen LogP) is 3.47. The number of nitrogens with zero attached hydrogens (tertiary/aromatic N) is 3. The fourth-order valence-electron chi connectivity index (χ4n) is 3.51. The van der Waals surface area contributed by atoms with Gasteiger partial charge in [0.25, 0.3) is 5.91 Å². The molecular formula is C20H20F3N4O2+. The zero-order chi connectivity index (χ0) is 20.6. The Morgan fingerprint density at radius 1 is 1.14 bits per heavy atom. The Labute approximate surface area is 164 Å². The van der Waals surface area contributed by atoms with Crippen molar-refractivity contribution in [1.82, 2.24) is 15.0 Å². The molecule has 0 aliphatic carbocycles. The Balaban J connectivity index is 1.80. The molecule has 0 spiro atoms. The number of halogens is 3. The number of nitrogens with one attached hydrogen (secondary N) is 1. The fourth-order valence-corrected chi connectivity index (χ4v) is 3.51. The van der Waals surface area contributed by atoms with Gasteiger partial charge in [0.15, 0.2) is 5.69 Å². The van der Waals surface area contributed by atoms with Gasteiger partial charge in [-0.15, -0.1) is 4.52 Å². The van der Waals surface area contributed by atoms with Gasteiger partial charge in [-0.05, 0) is 48.5 Å². The molecule has 0 atom stereocenters. The first-order valence-corrected chi connectivity index (χ1v) is 9.33. The summed E-state index contributed by atoms with van der Waals surface area (Å²) in [5, 5.41) is 2.59. The van der Waals surface area contributed by atoms with E-state index in [-0.39, 0.29) is 22.9 Å². The van der Waals surface area contributed by atoms with Crippen LogP contribution in [0.1, 0.15) is 35.4 Å². The van der Waals surface area contributed by atoms with Gasteiger partial charge < -0.3 is 9.64 Å². The summed E-state index contributed by atoms with van der Waals surface area (Å²) >= 11 is 0. The molecule has 3 aromatic rings. The van der Waals surface area contributed by atoms with E-state index in [0.717, 1.165) is 29.8 Å². The monoisotopic (exact) mass is 405 g/mol. The molecule has 1 fully saturated rings. The number of methoxy groups -OCH3 is 1. The van der Waals surface area contributed by atoms with Crippen LogP contribution in [0.15, 0.2) is 36.4 Å². The van der Waals surface area contributed by atoms with Crippen molar-refractivity contribution < 1.29 is 27.2 Å². The van der Waals surface area contributed by atoms with Crippen LogP contribution >= 0.6 is 0 Å². The second-order valence-corrected chi connectivity index (χ2v) is 6.97. The van der Waals surface area contributed by atoms with Crippen LogP contribution in [0.2, 0.25) is 0 Å². The molecule has 2 aromatic heterocycles. The average Bonchev–Trinajstić information content (AvgIpc) is 3.16. The summed E-state index contributed by atoms with van der Waals surface area (Å²) in [5.74, 6) is 0.283. The number of carbonyl (C=O) groups excluding carboxylic acids is 1. The van der Waals surface area contributed by atoms with E-state index < -0.39 is 11.9 Å². The number of rotatable bonds is 3. The van der Waals surface area contributed by atoms with Crippen molar-refractivity contribution >= 4 is 11.6 Å². The van der Waals surface area contributed by atoms with Crippen molar-refractivity contribution in [2.75, 3.05) is 20.2 Å². The highest BCUT2D eigenvalue weighted by atomic mass is 19.4. The highest BCUT2D eigenvalue weighted by molar-refractivity contribution is 5.93. The van der Waals surface area contributed by atoms with E-state index in [1.165, 1.54) is 13.2 Å². The summed E-state index contributed by atoms with van der Waals surface area (Å²) in [6.07, 6.45) is -1.78. The van der Waals surface area contributed by atoms with Crippen LogP contribution in [0.5, 0.6) is 5.75 Å². The summed E-state index contributed by atoms with van der Waals surface area (Å²) in [7, 11) is 1.51. The lowest BCUT2D eigenvalue weighted by Gasteiger charge is -2.25. The van der Waals surface area contributed by atoms with Crippen LogP contribution in [-0.4, -0.2) is 41.1 Å². The zero-order valence-electron chi connectivity index (χ0n) is 15.8. The standard InChI is InChI=1S/C20H19F3N4O2/c1-29-14-7-5-13(6-8-14)15-11-17(20(21,22)23)27-18(24-15)12-16(25-27)19(28)26-9-3-2-4-10-26/h5-8,11-12H,2-4,9-10H2,1H3/p+1. The molecule has 6 nitrogen and oxygen atoms in total. The van der Waals surface area contributed by atoms with Crippen molar-refractivity contribution in [2.45, 2.75) is 25.4 Å². The maximum absolute atomic E-state index is 13.7. The minimum atomic E-state index is -4.62. The summed E-state index contributed by atoms with van der Waals surface area (Å²) < 4.78 is 47.1. The second kappa shape index (κ2) is 7.38. The predicted molar refractivity (Wildman–Crippen MR) is 98.5 cm³/mol. The molecule has 0 saturated carbocycles. The number of aromatic nitrogens is 3. The Bertz CT molecular complexity index is 1040. The van der Waals surface area contributed by atoms with E-state index in [2.05, 4.69) is 10.1 Å². The molecular weight excluding hydrogens is 385 g/mol. The van der Waals surface area contributed by atoms with Gasteiger partial charge in [0.1, 0.15) is 11.4 Å². The lowest BCUT2D eigenvalue weighted by Crippen LogP contribution is -2.38. The number of hydrogen-bond acceptors (Lipinski definition) is 3. The molecule has 1 aromatic carbocycles. The summed E-state index contributed by atoms with van der Waals surface area (Å²) in [5.41, 5.74) is -0.117. The fraction of sp³-hybridized carbons (Fsp3) is 0.350. The van der Waals surface area contributed by atoms with Gasteiger partial charge in [-0.1, -0.05) is 0 Å². The minimum absolute atomic E-state index is 0.0333. The van der Waals surface area contributed by atoms with Crippen molar-refractivity contribution in [2.24, 2.45) is 0 Å². The molecule has 3 heterocycles. The number of amides is 1. The van der Waals surface area contributed by atoms with Gasteiger partial charge >= 0.3 is 11.8 Å². The summed E-state index contributed by atoms with van der Waals surface area (Å²) in [4.78, 5) is 18.7. The maximum Gasteiger partial charge on any atom is 0.456 e. The largest absolute Gasteiger partial charge is 0.497 e. The number of benzene rings is 1. The number of aromatic amines is 1. The topological polar surface area (TPSA) is 62.3 Å². The van der Waals surface area contributed by atoms with E-state index in [4.69, 9.17) is 4.74 Å². The molecule has 1 aliphatic rings. The van der Waals surface area contributed by atoms with Gasteiger partial charge in [-0.3, -0.25) is 4.79 Å².